The van der Waals surface area contributed by atoms with Gasteiger partial charge in [-0.2, -0.15) is 0 Å². The van der Waals surface area contributed by atoms with Gasteiger partial charge in [0.1, 0.15) is 12.2 Å². The van der Waals surface area contributed by atoms with Crippen LogP contribution in [0.3, 0.4) is 0 Å². The Morgan fingerprint density at radius 3 is 1.36 bits per heavy atom. The third kappa shape index (κ3) is 11.7. The lowest BCUT2D eigenvalue weighted by atomic mass is 9.86. The highest BCUT2D eigenvalue weighted by molar-refractivity contribution is 5.66. The van der Waals surface area contributed by atoms with Crippen LogP contribution in [0, 0.1) is 0 Å². The summed E-state index contributed by atoms with van der Waals surface area (Å²) >= 11 is 0. The molecular formula is C34H58O8. The first-order valence-electron chi connectivity index (χ1n) is 15.7. The second kappa shape index (κ2) is 14.8. The van der Waals surface area contributed by atoms with Crippen molar-refractivity contribution in [3.05, 3.63) is 23.3 Å². The molecule has 2 aliphatic heterocycles. The predicted octanol–water partition coefficient (Wildman–Crippen LogP) is 6.50. The number of rotatable bonds is 19. The molecule has 2 heterocycles. The van der Waals surface area contributed by atoms with Gasteiger partial charge < -0.3 is 29.2 Å². The average Bonchev–Trinajstić information content (AvgIpc) is 3.70. The average molecular weight is 595 g/mol. The van der Waals surface area contributed by atoms with E-state index in [1.807, 2.05) is 27.7 Å². The standard InChI is InChI=1S/C34H58O8/c1-23(2)13-11-19-31(7,37)27(39-25(5)35)17-21-33(9)29(41-33)15-16-30-34(10,42-30)22-18-28(40-26(6)36)32(8,38)20-12-14-24(3)4/h13-14,27-30,37-38H,11-12,15-22H2,1-10H3/t27-,28-,29-,30+,31+,32+,33+,34-/m0/s1. The van der Waals surface area contributed by atoms with E-state index in [1.165, 1.54) is 25.0 Å². The first-order valence-corrected chi connectivity index (χ1v) is 15.7. The SMILES string of the molecule is CC(=O)O[C@@H](CC[C@@]1(C)O[C@H]1CC[C@H]1O[C@@]1(C)CC[C@H](OC(C)=O)[C@](C)(O)CCC=C(C)C)[C@](C)(O)CCC=C(C)C. The molecule has 42 heavy (non-hydrogen) atoms. The third-order valence-electron chi connectivity index (χ3n) is 8.98. The molecule has 8 heteroatoms. The number of hydrogen-bond donors (Lipinski definition) is 2. The van der Waals surface area contributed by atoms with Gasteiger partial charge in [-0.25, -0.2) is 0 Å². The van der Waals surface area contributed by atoms with Gasteiger partial charge >= 0.3 is 11.9 Å². The number of carbonyl (C=O) groups is 2. The first kappa shape index (κ1) is 36.5. The Kier molecular flexibility index (Phi) is 12.9. The van der Waals surface area contributed by atoms with Crippen LogP contribution in [0.4, 0.5) is 0 Å². The van der Waals surface area contributed by atoms with Crippen LogP contribution < -0.4 is 0 Å². The molecule has 2 aliphatic rings. The molecule has 0 bridgehead atoms. The number of hydrogen-bond acceptors (Lipinski definition) is 8. The van der Waals surface area contributed by atoms with Crippen LogP contribution in [-0.4, -0.2) is 69.0 Å². The fourth-order valence-corrected chi connectivity index (χ4v) is 5.91. The van der Waals surface area contributed by atoms with Gasteiger partial charge in [0.15, 0.2) is 0 Å². The highest BCUT2D eigenvalue weighted by Crippen LogP contribution is 2.49. The van der Waals surface area contributed by atoms with E-state index in [-0.39, 0.29) is 23.4 Å². The maximum Gasteiger partial charge on any atom is 0.303 e. The molecule has 0 aliphatic carbocycles. The maximum atomic E-state index is 11.8. The second-order valence-electron chi connectivity index (χ2n) is 14.0. The smallest absolute Gasteiger partial charge is 0.303 e. The number of aliphatic hydroxyl groups is 2. The summed E-state index contributed by atoms with van der Waals surface area (Å²) in [5.41, 5.74) is -0.490. The molecule has 0 aromatic carbocycles. The number of carbonyl (C=O) groups excluding carboxylic acids is 2. The molecule has 8 nitrogen and oxygen atoms in total. The van der Waals surface area contributed by atoms with Crippen molar-refractivity contribution in [3.63, 3.8) is 0 Å². The Labute approximate surface area is 254 Å². The molecule has 0 amide bonds. The highest BCUT2D eigenvalue weighted by atomic mass is 16.6. The Balaban J connectivity index is 1.84. The molecular weight excluding hydrogens is 536 g/mol. The predicted molar refractivity (Wildman–Crippen MR) is 164 cm³/mol. The molecule has 2 fully saturated rings. The molecule has 2 saturated heterocycles. The quantitative estimate of drug-likeness (QED) is 0.0988. The zero-order chi connectivity index (χ0) is 31.9. The molecule has 242 valence electrons. The fraction of sp³-hybridized carbons (Fsp3) is 0.824. The summed E-state index contributed by atoms with van der Waals surface area (Å²) < 4.78 is 23.3. The summed E-state index contributed by atoms with van der Waals surface area (Å²) in [7, 11) is 0. The molecule has 2 rings (SSSR count). The molecule has 8 atom stereocenters. The Hall–Kier alpha value is -1.74. The number of esters is 2. The van der Waals surface area contributed by atoms with Crippen LogP contribution in [0.5, 0.6) is 0 Å². The van der Waals surface area contributed by atoms with Gasteiger partial charge in [0.2, 0.25) is 0 Å². The molecule has 2 N–H and O–H groups in total. The minimum Gasteiger partial charge on any atom is -0.460 e. The lowest BCUT2D eigenvalue weighted by molar-refractivity contribution is -0.163. The van der Waals surface area contributed by atoms with Crippen LogP contribution in [-0.2, 0) is 28.5 Å². The lowest BCUT2D eigenvalue weighted by Crippen LogP contribution is -2.42. The van der Waals surface area contributed by atoms with E-state index in [1.54, 1.807) is 13.8 Å². The topological polar surface area (TPSA) is 118 Å². The Bertz CT molecular complexity index is 896. The zero-order valence-electron chi connectivity index (χ0n) is 27.9. The zero-order valence-corrected chi connectivity index (χ0v) is 27.9. The maximum absolute atomic E-state index is 11.8. The van der Waals surface area contributed by atoms with Crippen molar-refractivity contribution in [1.82, 2.24) is 0 Å². The van der Waals surface area contributed by atoms with Gasteiger partial charge in [0, 0.05) is 13.8 Å². The van der Waals surface area contributed by atoms with E-state index < -0.39 is 35.3 Å². The monoisotopic (exact) mass is 594 g/mol. The van der Waals surface area contributed by atoms with Crippen LogP contribution >= 0.6 is 0 Å². The summed E-state index contributed by atoms with van der Waals surface area (Å²) in [5, 5.41) is 22.2. The van der Waals surface area contributed by atoms with E-state index in [2.05, 4.69) is 26.0 Å². The van der Waals surface area contributed by atoms with E-state index >= 15 is 0 Å². The van der Waals surface area contributed by atoms with E-state index in [4.69, 9.17) is 18.9 Å². The van der Waals surface area contributed by atoms with Crippen molar-refractivity contribution in [2.75, 3.05) is 0 Å². The van der Waals surface area contributed by atoms with Crippen molar-refractivity contribution in [3.8, 4) is 0 Å². The van der Waals surface area contributed by atoms with Crippen LogP contribution in [0.15, 0.2) is 23.3 Å². The van der Waals surface area contributed by atoms with Gasteiger partial charge in [0.25, 0.3) is 0 Å². The number of allylic oxidation sites excluding steroid dienone is 4. The third-order valence-corrected chi connectivity index (χ3v) is 8.98. The molecule has 0 radical (unpaired) electrons. The Morgan fingerprint density at radius 2 is 1.07 bits per heavy atom. The summed E-state index contributed by atoms with van der Waals surface area (Å²) in [5.74, 6) is -0.784. The molecule has 0 saturated carbocycles. The summed E-state index contributed by atoms with van der Waals surface area (Å²) in [4.78, 5) is 23.6. The van der Waals surface area contributed by atoms with E-state index in [9.17, 15) is 19.8 Å². The molecule has 0 unspecified atom stereocenters. The van der Waals surface area contributed by atoms with Crippen molar-refractivity contribution in [1.29, 1.82) is 0 Å². The molecule has 0 aromatic rings. The normalized spacial score (nSPS) is 28.9. The van der Waals surface area contributed by atoms with Crippen LogP contribution in [0.25, 0.3) is 0 Å². The van der Waals surface area contributed by atoms with Crippen molar-refractivity contribution in [2.45, 2.75) is 180 Å². The largest absolute Gasteiger partial charge is 0.460 e. The number of epoxide rings is 2. The van der Waals surface area contributed by atoms with Crippen molar-refractivity contribution < 1.29 is 38.7 Å². The van der Waals surface area contributed by atoms with Crippen molar-refractivity contribution in [2.24, 2.45) is 0 Å². The molecule has 0 spiro atoms. The first-order chi connectivity index (χ1) is 19.3. The van der Waals surface area contributed by atoms with Crippen LogP contribution in [0.2, 0.25) is 0 Å². The van der Waals surface area contributed by atoms with E-state index in [0.29, 0.717) is 38.5 Å². The van der Waals surface area contributed by atoms with Gasteiger partial charge in [0.05, 0.1) is 34.6 Å². The summed E-state index contributed by atoms with van der Waals surface area (Å²) in [6.07, 6.45) is 9.72. The minimum atomic E-state index is -1.12. The van der Waals surface area contributed by atoms with Crippen LogP contribution in [0.1, 0.15) is 133 Å². The second-order valence-corrected chi connectivity index (χ2v) is 14.0. The van der Waals surface area contributed by atoms with Gasteiger partial charge in [-0.3, -0.25) is 9.59 Å². The van der Waals surface area contributed by atoms with Gasteiger partial charge in [-0.1, -0.05) is 23.3 Å². The fourth-order valence-electron chi connectivity index (χ4n) is 5.91. The highest BCUT2D eigenvalue weighted by Gasteiger charge is 2.56. The summed E-state index contributed by atoms with van der Waals surface area (Å²) in [6.45, 7) is 18.5. The number of ether oxygens (including phenoxy) is 4. The van der Waals surface area contributed by atoms with Gasteiger partial charge in [-0.05, 0) is 120 Å². The van der Waals surface area contributed by atoms with Gasteiger partial charge in [-0.15, -0.1) is 0 Å². The van der Waals surface area contributed by atoms with E-state index in [0.717, 1.165) is 25.7 Å². The summed E-state index contributed by atoms with van der Waals surface area (Å²) in [6, 6.07) is 0. The lowest BCUT2D eigenvalue weighted by Gasteiger charge is -2.32. The van der Waals surface area contributed by atoms with Crippen molar-refractivity contribution >= 4 is 11.9 Å². The Morgan fingerprint density at radius 1 is 0.738 bits per heavy atom. The molecule has 0 aromatic heterocycles. The minimum absolute atomic E-state index is 0.0872.